The Kier molecular flexibility index (Phi) is 6.45. The number of ether oxygens (including phenoxy) is 1. The van der Waals surface area contributed by atoms with Gasteiger partial charge in [0.2, 0.25) is 0 Å². The minimum absolute atomic E-state index is 0.652. The van der Waals surface area contributed by atoms with Gasteiger partial charge in [-0.05, 0) is 24.6 Å². The van der Waals surface area contributed by atoms with E-state index < -0.39 is 0 Å². The summed E-state index contributed by atoms with van der Waals surface area (Å²) in [4.78, 5) is 0. The van der Waals surface area contributed by atoms with Gasteiger partial charge in [-0.1, -0.05) is 22.9 Å². The molecule has 16 heavy (non-hydrogen) atoms. The van der Waals surface area contributed by atoms with Crippen molar-refractivity contribution in [2.45, 2.75) is 19.9 Å². The summed E-state index contributed by atoms with van der Waals surface area (Å²) < 4.78 is 6.75. The Hall–Kier alpha value is -0.580. The van der Waals surface area contributed by atoms with Gasteiger partial charge < -0.3 is 15.8 Å². The predicted molar refractivity (Wildman–Crippen MR) is 70.7 cm³/mol. The maximum absolute atomic E-state index is 5.68. The standard InChI is InChI=1S/C12H19BrN2O/c1-2-7-16-12-4-3-11(13)8-10(12)9-15-6-5-14/h3-4,8,15H,2,5-7,9,14H2,1H3. The van der Waals surface area contributed by atoms with Gasteiger partial charge in [-0.3, -0.25) is 0 Å². The van der Waals surface area contributed by atoms with Crippen molar-refractivity contribution < 1.29 is 4.74 Å². The number of halogens is 1. The maximum Gasteiger partial charge on any atom is 0.123 e. The third-order valence-electron chi connectivity index (χ3n) is 2.12. The van der Waals surface area contributed by atoms with E-state index in [1.54, 1.807) is 0 Å². The van der Waals surface area contributed by atoms with Gasteiger partial charge in [0.05, 0.1) is 6.61 Å². The molecule has 0 saturated heterocycles. The fourth-order valence-corrected chi connectivity index (χ4v) is 1.77. The molecule has 0 unspecified atom stereocenters. The molecular formula is C12H19BrN2O. The van der Waals surface area contributed by atoms with Crippen molar-refractivity contribution in [2.75, 3.05) is 19.7 Å². The normalized spacial score (nSPS) is 10.4. The van der Waals surface area contributed by atoms with E-state index in [-0.39, 0.29) is 0 Å². The maximum atomic E-state index is 5.68. The summed E-state index contributed by atoms with van der Waals surface area (Å²) in [5, 5.41) is 3.27. The largest absolute Gasteiger partial charge is 0.493 e. The van der Waals surface area contributed by atoms with E-state index >= 15 is 0 Å². The molecule has 0 aliphatic heterocycles. The van der Waals surface area contributed by atoms with Crippen LogP contribution in [0.15, 0.2) is 22.7 Å². The monoisotopic (exact) mass is 286 g/mol. The van der Waals surface area contributed by atoms with Gasteiger partial charge in [-0.25, -0.2) is 0 Å². The Morgan fingerprint density at radius 1 is 1.44 bits per heavy atom. The summed E-state index contributed by atoms with van der Waals surface area (Å²) >= 11 is 3.47. The number of rotatable bonds is 7. The van der Waals surface area contributed by atoms with Crippen molar-refractivity contribution in [1.29, 1.82) is 0 Å². The molecule has 0 heterocycles. The topological polar surface area (TPSA) is 47.3 Å². The van der Waals surface area contributed by atoms with E-state index in [1.165, 1.54) is 0 Å². The Bertz CT molecular complexity index is 318. The first kappa shape index (κ1) is 13.5. The molecular weight excluding hydrogens is 268 g/mol. The van der Waals surface area contributed by atoms with Gasteiger partial charge in [0, 0.05) is 29.7 Å². The lowest BCUT2D eigenvalue weighted by molar-refractivity contribution is 0.313. The van der Waals surface area contributed by atoms with Gasteiger partial charge in [-0.2, -0.15) is 0 Å². The van der Waals surface area contributed by atoms with E-state index in [0.717, 1.165) is 41.9 Å². The molecule has 0 atom stereocenters. The third-order valence-corrected chi connectivity index (χ3v) is 2.61. The molecule has 3 N–H and O–H groups in total. The minimum atomic E-state index is 0.652. The van der Waals surface area contributed by atoms with Crippen LogP contribution in [0.5, 0.6) is 5.75 Å². The molecule has 0 aromatic heterocycles. The van der Waals surface area contributed by atoms with Crippen molar-refractivity contribution in [3.05, 3.63) is 28.2 Å². The second-order valence-electron chi connectivity index (χ2n) is 3.57. The van der Waals surface area contributed by atoms with Crippen molar-refractivity contribution in [3.63, 3.8) is 0 Å². The molecule has 0 saturated carbocycles. The zero-order valence-corrected chi connectivity index (χ0v) is 11.2. The van der Waals surface area contributed by atoms with Gasteiger partial charge in [0.15, 0.2) is 0 Å². The van der Waals surface area contributed by atoms with Gasteiger partial charge in [-0.15, -0.1) is 0 Å². The molecule has 4 heteroatoms. The number of benzene rings is 1. The zero-order chi connectivity index (χ0) is 11.8. The summed E-state index contributed by atoms with van der Waals surface area (Å²) in [6, 6.07) is 6.07. The smallest absolute Gasteiger partial charge is 0.123 e. The highest BCUT2D eigenvalue weighted by Gasteiger charge is 2.03. The molecule has 90 valence electrons. The molecule has 1 aromatic rings. The Labute approximate surface area is 105 Å². The Balaban J connectivity index is 2.65. The highest BCUT2D eigenvalue weighted by Crippen LogP contribution is 2.23. The van der Waals surface area contributed by atoms with Crippen LogP contribution in [0.1, 0.15) is 18.9 Å². The SMILES string of the molecule is CCCOc1ccc(Br)cc1CNCCN. The van der Waals surface area contributed by atoms with E-state index in [1.807, 2.05) is 12.1 Å². The molecule has 0 radical (unpaired) electrons. The summed E-state index contributed by atoms with van der Waals surface area (Å²) in [7, 11) is 0. The van der Waals surface area contributed by atoms with Crippen molar-refractivity contribution in [1.82, 2.24) is 5.32 Å². The highest BCUT2D eigenvalue weighted by molar-refractivity contribution is 9.10. The van der Waals surface area contributed by atoms with Crippen LogP contribution in [-0.4, -0.2) is 19.7 Å². The Morgan fingerprint density at radius 3 is 2.94 bits per heavy atom. The third kappa shape index (κ3) is 4.51. The van der Waals surface area contributed by atoms with Crippen LogP contribution >= 0.6 is 15.9 Å². The highest BCUT2D eigenvalue weighted by atomic mass is 79.9. The lowest BCUT2D eigenvalue weighted by Gasteiger charge is -2.12. The molecule has 0 bridgehead atoms. The summed E-state index contributed by atoms with van der Waals surface area (Å²) in [5.41, 5.74) is 6.60. The summed E-state index contributed by atoms with van der Waals surface area (Å²) in [6.07, 6.45) is 1.02. The van der Waals surface area contributed by atoms with Crippen LogP contribution in [0.3, 0.4) is 0 Å². The van der Waals surface area contributed by atoms with Crippen LogP contribution < -0.4 is 15.8 Å². The summed E-state index contributed by atoms with van der Waals surface area (Å²) in [6.45, 7) is 5.12. The van der Waals surface area contributed by atoms with Gasteiger partial charge in [0.1, 0.15) is 5.75 Å². The lowest BCUT2D eigenvalue weighted by atomic mass is 10.2. The van der Waals surface area contributed by atoms with Crippen LogP contribution in [0.4, 0.5) is 0 Å². The molecule has 0 amide bonds. The molecule has 1 aromatic carbocycles. The Morgan fingerprint density at radius 2 is 2.25 bits per heavy atom. The van der Waals surface area contributed by atoms with Crippen molar-refractivity contribution >= 4 is 15.9 Å². The van der Waals surface area contributed by atoms with Crippen LogP contribution in [0.25, 0.3) is 0 Å². The number of nitrogens with one attached hydrogen (secondary N) is 1. The average molecular weight is 287 g/mol. The van der Waals surface area contributed by atoms with Crippen LogP contribution in [-0.2, 0) is 6.54 Å². The quantitative estimate of drug-likeness (QED) is 0.756. The van der Waals surface area contributed by atoms with Crippen LogP contribution in [0.2, 0.25) is 0 Å². The van der Waals surface area contributed by atoms with E-state index in [0.29, 0.717) is 6.54 Å². The predicted octanol–water partition coefficient (Wildman–Crippen LogP) is 2.29. The van der Waals surface area contributed by atoms with Crippen molar-refractivity contribution in [3.8, 4) is 5.75 Å². The molecule has 1 rings (SSSR count). The number of nitrogens with two attached hydrogens (primary N) is 1. The van der Waals surface area contributed by atoms with E-state index in [9.17, 15) is 0 Å². The molecule has 0 fully saturated rings. The zero-order valence-electron chi connectivity index (χ0n) is 9.63. The molecule has 0 aliphatic carbocycles. The second kappa shape index (κ2) is 7.65. The van der Waals surface area contributed by atoms with E-state index in [4.69, 9.17) is 10.5 Å². The molecule has 3 nitrogen and oxygen atoms in total. The number of hydrogen-bond acceptors (Lipinski definition) is 3. The fraction of sp³-hybridized carbons (Fsp3) is 0.500. The average Bonchev–Trinajstić information content (AvgIpc) is 2.28. The molecule has 0 spiro atoms. The summed E-state index contributed by atoms with van der Waals surface area (Å²) in [5.74, 6) is 0.953. The van der Waals surface area contributed by atoms with Crippen LogP contribution in [0, 0.1) is 0 Å². The first-order valence-corrected chi connectivity index (χ1v) is 6.39. The first-order chi connectivity index (χ1) is 7.77. The van der Waals surface area contributed by atoms with Gasteiger partial charge in [0.25, 0.3) is 0 Å². The first-order valence-electron chi connectivity index (χ1n) is 5.60. The number of hydrogen-bond donors (Lipinski definition) is 2. The molecule has 0 aliphatic rings. The van der Waals surface area contributed by atoms with Gasteiger partial charge >= 0.3 is 0 Å². The van der Waals surface area contributed by atoms with Crippen molar-refractivity contribution in [2.24, 2.45) is 5.73 Å². The second-order valence-corrected chi connectivity index (χ2v) is 4.48. The van der Waals surface area contributed by atoms with E-state index in [2.05, 4.69) is 34.2 Å². The lowest BCUT2D eigenvalue weighted by Crippen LogP contribution is -2.22. The fourth-order valence-electron chi connectivity index (χ4n) is 1.36. The minimum Gasteiger partial charge on any atom is -0.493 e.